The van der Waals surface area contributed by atoms with Crippen LogP contribution in [0.3, 0.4) is 0 Å². The molecule has 1 aromatic carbocycles. The van der Waals surface area contributed by atoms with Crippen molar-refractivity contribution >= 4 is 44.8 Å². The molecule has 2 aromatic heterocycles. The van der Waals surface area contributed by atoms with Gasteiger partial charge in [-0.2, -0.15) is 0 Å². The van der Waals surface area contributed by atoms with Crippen molar-refractivity contribution in [2.45, 2.75) is 44.7 Å². The van der Waals surface area contributed by atoms with Crippen molar-refractivity contribution < 1.29 is 0 Å². The van der Waals surface area contributed by atoms with Crippen LogP contribution in [0, 0.1) is 5.92 Å². The van der Waals surface area contributed by atoms with E-state index in [2.05, 4.69) is 28.7 Å². The van der Waals surface area contributed by atoms with E-state index < -0.39 is 0 Å². The van der Waals surface area contributed by atoms with Gasteiger partial charge in [0.15, 0.2) is 0 Å². The minimum absolute atomic E-state index is 0.458. The molecule has 6 heteroatoms. The summed E-state index contributed by atoms with van der Waals surface area (Å²) in [7, 11) is 0. The summed E-state index contributed by atoms with van der Waals surface area (Å²) in [6.45, 7) is 3.14. The van der Waals surface area contributed by atoms with Crippen LogP contribution >= 0.6 is 34.5 Å². The van der Waals surface area contributed by atoms with Gasteiger partial charge in [0.1, 0.15) is 10.7 Å². The molecule has 0 spiro atoms. The fourth-order valence-corrected chi connectivity index (χ4v) is 4.87. The summed E-state index contributed by atoms with van der Waals surface area (Å²) < 4.78 is 0. The largest absolute Gasteiger partial charge is 0.310 e. The second-order valence-electron chi connectivity index (χ2n) is 7.13. The second kappa shape index (κ2) is 7.81. The quantitative estimate of drug-likeness (QED) is 0.572. The number of nitrogens with zero attached hydrogens (tertiary/aromatic N) is 2. The Morgan fingerprint density at radius 1 is 1.19 bits per heavy atom. The topological polar surface area (TPSA) is 37.8 Å². The van der Waals surface area contributed by atoms with Gasteiger partial charge in [-0.05, 0) is 54.3 Å². The predicted molar refractivity (Wildman–Crippen MR) is 110 cm³/mol. The van der Waals surface area contributed by atoms with Gasteiger partial charge in [0, 0.05) is 30.1 Å². The van der Waals surface area contributed by atoms with E-state index in [-0.39, 0.29) is 0 Å². The fraction of sp³-hybridized carbons (Fsp3) is 0.400. The van der Waals surface area contributed by atoms with E-state index in [0.717, 1.165) is 41.8 Å². The molecule has 1 saturated carbocycles. The van der Waals surface area contributed by atoms with E-state index in [1.54, 1.807) is 11.3 Å². The average molecular weight is 406 g/mol. The molecule has 26 heavy (non-hydrogen) atoms. The Hall–Kier alpha value is -1.20. The van der Waals surface area contributed by atoms with Crippen LogP contribution in [0.15, 0.2) is 35.8 Å². The molecule has 1 fully saturated rings. The van der Waals surface area contributed by atoms with E-state index in [1.807, 2.05) is 24.4 Å². The molecule has 136 valence electrons. The third kappa shape index (κ3) is 3.89. The predicted octanol–water partition coefficient (Wildman–Crippen LogP) is 6.06. The van der Waals surface area contributed by atoms with Crippen molar-refractivity contribution in [1.82, 2.24) is 15.3 Å². The van der Waals surface area contributed by atoms with Gasteiger partial charge in [0.25, 0.3) is 0 Å². The number of aromatic nitrogens is 2. The lowest BCUT2D eigenvalue weighted by atomic mass is 9.78. The maximum absolute atomic E-state index is 6.11. The molecule has 0 amide bonds. The molecule has 2 heterocycles. The molecule has 0 saturated heterocycles. The maximum Gasteiger partial charge on any atom is 0.133 e. The number of hydrogen-bond donors (Lipinski definition) is 1. The third-order valence-corrected chi connectivity index (χ3v) is 6.87. The molecule has 0 bridgehead atoms. The Labute approximate surface area is 167 Å². The number of benzene rings is 1. The SMILES string of the molecule is CC1CC(c2ncc3ccsc3n2)CCC1NCc1ccc(Cl)c(Cl)c1. The molecule has 1 aliphatic rings. The molecule has 1 N–H and O–H groups in total. The highest BCUT2D eigenvalue weighted by molar-refractivity contribution is 7.16. The van der Waals surface area contributed by atoms with Crippen molar-refractivity contribution in [2.24, 2.45) is 5.92 Å². The maximum atomic E-state index is 6.11. The van der Waals surface area contributed by atoms with Gasteiger partial charge in [0.2, 0.25) is 0 Å². The Morgan fingerprint density at radius 2 is 2.08 bits per heavy atom. The van der Waals surface area contributed by atoms with Gasteiger partial charge in [-0.1, -0.05) is 36.2 Å². The van der Waals surface area contributed by atoms with Gasteiger partial charge in [-0.3, -0.25) is 0 Å². The van der Waals surface area contributed by atoms with Crippen molar-refractivity contribution in [1.29, 1.82) is 0 Å². The zero-order valence-corrected chi connectivity index (χ0v) is 16.9. The molecule has 3 aromatic rings. The number of thiophene rings is 1. The Bertz CT molecular complexity index is 911. The first-order valence-corrected chi connectivity index (χ1v) is 10.6. The normalized spacial score (nSPS) is 23.4. The Kier molecular flexibility index (Phi) is 5.46. The summed E-state index contributed by atoms with van der Waals surface area (Å²) in [5, 5.41) is 8.13. The van der Waals surface area contributed by atoms with Gasteiger partial charge < -0.3 is 5.32 Å². The zero-order chi connectivity index (χ0) is 18.1. The van der Waals surface area contributed by atoms with Crippen molar-refractivity contribution in [3.05, 3.63) is 57.3 Å². The van der Waals surface area contributed by atoms with Crippen LogP contribution in [-0.2, 0) is 6.54 Å². The van der Waals surface area contributed by atoms with Gasteiger partial charge in [0.05, 0.1) is 10.0 Å². The summed E-state index contributed by atoms with van der Waals surface area (Å²) in [6.07, 6.45) is 5.35. The van der Waals surface area contributed by atoms with Crippen LogP contribution < -0.4 is 5.32 Å². The Morgan fingerprint density at radius 3 is 2.88 bits per heavy atom. The van der Waals surface area contributed by atoms with E-state index in [9.17, 15) is 0 Å². The number of hydrogen-bond acceptors (Lipinski definition) is 4. The highest BCUT2D eigenvalue weighted by Crippen LogP contribution is 2.35. The minimum atomic E-state index is 0.458. The van der Waals surface area contributed by atoms with Crippen LogP contribution in [0.1, 0.15) is 43.5 Å². The molecular formula is C20H21Cl2N3S. The number of halogens is 2. The van der Waals surface area contributed by atoms with Crippen LogP contribution in [0.5, 0.6) is 0 Å². The number of fused-ring (bicyclic) bond motifs is 1. The van der Waals surface area contributed by atoms with E-state index >= 15 is 0 Å². The highest BCUT2D eigenvalue weighted by Gasteiger charge is 2.29. The monoisotopic (exact) mass is 405 g/mol. The van der Waals surface area contributed by atoms with Crippen molar-refractivity contribution in [3.63, 3.8) is 0 Å². The summed E-state index contributed by atoms with van der Waals surface area (Å²) in [4.78, 5) is 10.5. The fourth-order valence-electron chi connectivity index (χ4n) is 3.80. The number of nitrogens with one attached hydrogen (secondary N) is 1. The van der Waals surface area contributed by atoms with Gasteiger partial charge in [-0.25, -0.2) is 9.97 Å². The van der Waals surface area contributed by atoms with Crippen LogP contribution in [0.25, 0.3) is 10.2 Å². The molecule has 4 rings (SSSR count). The van der Waals surface area contributed by atoms with Crippen LogP contribution in [0.4, 0.5) is 0 Å². The van der Waals surface area contributed by atoms with E-state index in [0.29, 0.717) is 27.9 Å². The summed E-state index contributed by atoms with van der Waals surface area (Å²) >= 11 is 13.8. The number of rotatable bonds is 4. The lowest BCUT2D eigenvalue weighted by molar-refractivity contribution is 0.250. The van der Waals surface area contributed by atoms with Gasteiger partial charge >= 0.3 is 0 Å². The first-order chi connectivity index (χ1) is 12.6. The third-order valence-electron chi connectivity index (χ3n) is 5.31. The summed E-state index contributed by atoms with van der Waals surface area (Å²) in [5.74, 6) is 2.05. The molecule has 3 nitrogen and oxygen atoms in total. The van der Waals surface area contributed by atoms with Crippen LogP contribution in [-0.4, -0.2) is 16.0 Å². The lowest BCUT2D eigenvalue weighted by Crippen LogP contribution is -2.38. The average Bonchev–Trinajstić information content (AvgIpc) is 3.11. The molecule has 3 atom stereocenters. The second-order valence-corrected chi connectivity index (χ2v) is 8.84. The first kappa shape index (κ1) is 18.2. The first-order valence-electron chi connectivity index (χ1n) is 8.97. The molecule has 3 unspecified atom stereocenters. The van der Waals surface area contributed by atoms with Gasteiger partial charge in [-0.15, -0.1) is 11.3 Å². The van der Waals surface area contributed by atoms with Crippen LogP contribution in [0.2, 0.25) is 10.0 Å². The highest BCUT2D eigenvalue weighted by atomic mass is 35.5. The molecule has 0 aliphatic heterocycles. The Balaban J connectivity index is 1.37. The standard InChI is InChI=1S/C20H21Cl2N3S/c1-12-8-14(19-24-11-15-6-7-26-20(15)25-19)3-5-18(12)23-10-13-2-4-16(21)17(22)9-13/h2,4,6-7,9,11-12,14,18,23H,3,5,8,10H2,1H3. The van der Waals surface area contributed by atoms with Crippen molar-refractivity contribution in [2.75, 3.05) is 0 Å². The summed E-state index contributed by atoms with van der Waals surface area (Å²) in [5.41, 5.74) is 1.17. The lowest BCUT2D eigenvalue weighted by Gasteiger charge is -2.34. The zero-order valence-electron chi connectivity index (χ0n) is 14.6. The molecule has 0 radical (unpaired) electrons. The minimum Gasteiger partial charge on any atom is -0.310 e. The summed E-state index contributed by atoms with van der Waals surface area (Å²) in [6, 6.07) is 8.42. The smallest absolute Gasteiger partial charge is 0.133 e. The van der Waals surface area contributed by atoms with E-state index in [4.69, 9.17) is 28.2 Å². The van der Waals surface area contributed by atoms with E-state index in [1.165, 1.54) is 5.56 Å². The van der Waals surface area contributed by atoms with Crippen molar-refractivity contribution in [3.8, 4) is 0 Å². The molecular weight excluding hydrogens is 385 g/mol. The molecule has 1 aliphatic carbocycles.